The van der Waals surface area contributed by atoms with Gasteiger partial charge in [0.15, 0.2) is 10.2 Å². The van der Waals surface area contributed by atoms with E-state index < -0.39 is 17.2 Å². The van der Waals surface area contributed by atoms with Crippen LogP contribution in [0.2, 0.25) is 0 Å². The van der Waals surface area contributed by atoms with Gasteiger partial charge < -0.3 is 16.8 Å². The van der Waals surface area contributed by atoms with Crippen LogP contribution in [0, 0.1) is 0 Å². The smallest absolute Gasteiger partial charge is 0.376 e. The molecular formula is C6H9F3N4O2S2. The summed E-state index contributed by atoms with van der Waals surface area (Å²) < 4.78 is 33.8. The van der Waals surface area contributed by atoms with Gasteiger partial charge in [-0.1, -0.05) is 0 Å². The first-order valence-electron chi connectivity index (χ1n) is 3.71. The molecular weight excluding hydrogens is 281 g/mol. The monoisotopic (exact) mass is 290 g/mol. The summed E-state index contributed by atoms with van der Waals surface area (Å²) in [7, 11) is 0. The van der Waals surface area contributed by atoms with Crippen molar-refractivity contribution in [3.63, 3.8) is 0 Å². The van der Waals surface area contributed by atoms with E-state index in [-0.39, 0.29) is 11.0 Å². The highest BCUT2D eigenvalue weighted by Gasteiger charge is 2.38. The molecule has 17 heavy (non-hydrogen) atoms. The SMILES string of the molecule is CC(=O)NC(N)=S.NC(=S)NC(=O)C(F)(F)F. The minimum atomic E-state index is -4.93. The molecule has 0 saturated carbocycles. The molecule has 0 spiro atoms. The Kier molecular flexibility index (Phi) is 8.13. The van der Waals surface area contributed by atoms with Crippen LogP contribution in [0.1, 0.15) is 6.92 Å². The summed E-state index contributed by atoms with van der Waals surface area (Å²) in [4.78, 5) is 19.8. The summed E-state index contributed by atoms with van der Waals surface area (Å²) in [5, 5.41) is 2.73. The first-order chi connectivity index (χ1) is 7.46. The lowest BCUT2D eigenvalue weighted by atomic mass is 10.6. The van der Waals surface area contributed by atoms with Gasteiger partial charge in [0.25, 0.3) is 0 Å². The zero-order valence-corrected chi connectivity index (χ0v) is 10.1. The number of hydrogen-bond donors (Lipinski definition) is 4. The second-order valence-electron chi connectivity index (χ2n) is 2.36. The van der Waals surface area contributed by atoms with E-state index in [1.807, 2.05) is 0 Å². The number of nitrogens with two attached hydrogens (primary N) is 2. The van der Waals surface area contributed by atoms with E-state index in [2.05, 4.69) is 35.5 Å². The van der Waals surface area contributed by atoms with Crippen molar-refractivity contribution in [3.8, 4) is 0 Å². The molecule has 0 fully saturated rings. The number of hydrogen-bond acceptors (Lipinski definition) is 4. The highest BCUT2D eigenvalue weighted by molar-refractivity contribution is 7.80. The van der Waals surface area contributed by atoms with E-state index in [1.165, 1.54) is 12.2 Å². The highest BCUT2D eigenvalue weighted by Crippen LogP contribution is 2.13. The molecule has 0 aromatic carbocycles. The number of amides is 2. The minimum Gasteiger partial charge on any atom is -0.376 e. The second-order valence-corrected chi connectivity index (χ2v) is 3.24. The van der Waals surface area contributed by atoms with Crippen LogP contribution in [0.3, 0.4) is 0 Å². The molecule has 0 saturated heterocycles. The minimum absolute atomic E-state index is 0.0208. The Balaban J connectivity index is 0. The normalized spacial score (nSPS) is 9.41. The van der Waals surface area contributed by atoms with Gasteiger partial charge in [0.2, 0.25) is 5.91 Å². The second kappa shape index (κ2) is 7.73. The first kappa shape index (κ1) is 17.9. The number of nitrogens with one attached hydrogen (secondary N) is 2. The third-order valence-corrected chi connectivity index (χ3v) is 0.998. The van der Waals surface area contributed by atoms with Crippen LogP contribution in [-0.4, -0.2) is 28.2 Å². The molecule has 0 unspecified atom stereocenters. The standard InChI is InChI=1S/C3H3F3N2OS.C3H6N2OS/c4-3(5,6)1(9)8-2(7)10;1-2(6)5-3(4)7/h(H3,7,8,9,10);1H3,(H3,4,5,6,7). The van der Waals surface area contributed by atoms with Gasteiger partial charge in [0.1, 0.15) is 0 Å². The van der Waals surface area contributed by atoms with E-state index in [4.69, 9.17) is 5.73 Å². The predicted molar refractivity (Wildman–Crippen MR) is 61.6 cm³/mol. The Morgan fingerprint density at radius 2 is 1.41 bits per heavy atom. The van der Waals surface area contributed by atoms with Crippen LogP contribution in [-0.2, 0) is 9.59 Å². The summed E-state index contributed by atoms with van der Waals surface area (Å²) in [6.45, 7) is 1.35. The lowest BCUT2D eigenvalue weighted by molar-refractivity contribution is -0.171. The van der Waals surface area contributed by atoms with E-state index >= 15 is 0 Å². The van der Waals surface area contributed by atoms with Gasteiger partial charge in [-0.25, -0.2) is 0 Å². The molecule has 2 amide bonds. The molecule has 98 valence electrons. The summed E-state index contributed by atoms with van der Waals surface area (Å²) in [5.74, 6) is -2.38. The summed E-state index contributed by atoms with van der Waals surface area (Å²) in [6.07, 6.45) is -4.93. The predicted octanol–water partition coefficient (Wildman–Crippen LogP) is -0.725. The van der Waals surface area contributed by atoms with Gasteiger partial charge in [0, 0.05) is 6.92 Å². The molecule has 6 nitrogen and oxygen atoms in total. The van der Waals surface area contributed by atoms with Crippen molar-refractivity contribution < 1.29 is 22.8 Å². The Morgan fingerprint density at radius 3 is 1.47 bits per heavy atom. The van der Waals surface area contributed by atoms with Crippen molar-refractivity contribution in [2.45, 2.75) is 13.1 Å². The Labute approximate surface area is 105 Å². The molecule has 0 radical (unpaired) electrons. The zero-order valence-electron chi connectivity index (χ0n) is 8.42. The maximum Gasteiger partial charge on any atom is 0.471 e. The van der Waals surface area contributed by atoms with Crippen LogP contribution < -0.4 is 22.1 Å². The van der Waals surface area contributed by atoms with Gasteiger partial charge in [-0.2, -0.15) is 13.2 Å². The average molecular weight is 290 g/mol. The lowest BCUT2D eigenvalue weighted by Crippen LogP contribution is -2.43. The van der Waals surface area contributed by atoms with Crippen molar-refractivity contribution >= 4 is 46.5 Å². The molecule has 0 aliphatic rings. The summed E-state index contributed by atoms with van der Waals surface area (Å²) >= 11 is 8.30. The molecule has 0 aromatic heterocycles. The molecule has 0 rings (SSSR count). The molecule has 0 aliphatic heterocycles. The summed E-state index contributed by atoms with van der Waals surface area (Å²) in [6, 6.07) is 0. The fraction of sp³-hybridized carbons (Fsp3) is 0.333. The van der Waals surface area contributed by atoms with Crippen LogP contribution in [0.4, 0.5) is 13.2 Å². The van der Waals surface area contributed by atoms with Crippen LogP contribution in [0.5, 0.6) is 0 Å². The van der Waals surface area contributed by atoms with Crippen molar-refractivity contribution in [3.05, 3.63) is 0 Å². The van der Waals surface area contributed by atoms with Gasteiger partial charge in [-0.3, -0.25) is 14.9 Å². The van der Waals surface area contributed by atoms with E-state index in [0.717, 1.165) is 0 Å². The largest absolute Gasteiger partial charge is 0.471 e. The number of carbonyl (C=O) groups excluding carboxylic acids is 2. The van der Waals surface area contributed by atoms with Crippen molar-refractivity contribution in [1.29, 1.82) is 0 Å². The van der Waals surface area contributed by atoms with Crippen molar-refractivity contribution in [2.24, 2.45) is 11.5 Å². The lowest BCUT2D eigenvalue weighted by Gasteiger charge is -2.04. The fourth-order valence-corrected chi connectivity index (χ4v) is 0.593. The Bertz CT molecular complexity index is 320. The average Bonchev–Trinajstić information content (AvgIpc) is 1.98. The van der Waals surface area contributed by atoms with Gasteiger partial charge in [-0.05, 0) is 24.4 Å². The third-order valence-electron chi connectivity index (χ3n) is 0.793. The van der Waals surface area contributed by atoms with Crippen LogP contribution >= 0.6 is 24.4 Å². The number of carbonyl (C=O) groups is 2. The topological polar surface area (TPSA) is 110 Å². The van der Waals surface area contributed by atoms with E-state index in [1.54, 1.807) is 0 Å². The van der Waals surface area contributed by atoms with Gasteiger partial charge in [0.05, 0.1) is 0 Å². The van der Waals surface area contributed by atoms with Crippen LogP contribution in [0.15, 0.2) is 0 Å². The molecule has 6 N–H and O–H groups in total. The molecule has 0 aliphatic carbocycles. The van der Waals surface area contributed by atoms with Crippen molar-refractivity contribution in [1.82, 2.24) is 10.6 Å². The number of rotatable bonds is 0. The van der Waals surface area contributed by atoms with Crippen molar-refractivity contribution in [2.75, 3.05) is 0 Å². The summed E-state index contributed by atoms with van der Waals surface area (Å²) in [5.41, 5.74) is 9.48. The zero-order chi connectivity index (χ0) is 14.2. The van der Waals surface area contributed by atoms with Gasteiger partial charge >= 0.3 is 12.1 Å². The Morgan fingerprint density at radius 1 is 1.06 bits per heavy atom. The number of thiocarbonyl (C=S) groups is 2. The molecule has 0 atom stereocenters. The fourth-order valence-electron chi connectivity index (χ4n) is 0.356. The highest BCUT2D eigenvalue weighted by atomic mass is 32.1. The quantitative estimate of drug-likeness (QED) is 0.438. The van der Waals surface area contributed by atoms with E-state index in [9.17, 15) is 22.8 Å². The van der Waals surface area contributed by atoms with Crippen LogP contribution in [0.25, 0.3) is 0 Å². The number of halogens is 3. The van der Waals surface area contributed by atoms with Gasteiger partial charge in [-0.15, -0.1) is 0 Å². The molecule has 0 aromatic rings. The third kappa shape index (κ3) is 14.5. The maximum absolute atomic E-state index is 11.3. The van der Waals surface area contributed by atoms with E-state index in [0.29, 0.717) is 0 Å². The molecule has 0 heterocycles. The first-order valence-corrected chi connectivity index (χ1v) is 4.53. The molecule has 11 heteroatoms. The number of alkyl halides is 3. The maximum atomic E-state index is 11.3. The Hall–Kier alpha value is -1.49. The molecule has 0 bridgehead atoms.